The molecule has 0 aliphatic heterocycles. The highest BCUT2D eigenvalue weighted by atomic mass is 16.5. The van der Waals surface area contributed by atoms with Gasteiger partial charge in [0.05, 0.1) is 0 Å². The Hall–Kier alpha value is -2.04. The van der Waals surface area contributed by atoms with Gasteiger partial charge in [-0.05, 0) is 37.3 Å². The van der Waals surface area contributed by atoms with Gasteiger partial charge in [-0.2, -0.15) is 0 Å². The molecule has 1 fully saturated rings. The fourth-order valence-corrected chi connectivity index (χ4v) is 2.31. The third-order valence-corrected chi connectivity index (χ3v) is 3.89. The maximum atomic E-state index is 12.1. The summed E-state index contributed by atoms with van der Waals surface area (Å²) in [6, 6.07) is 7.77. The molecule has 2 amide bonds. The smallest absolute Gasteiger partial charge is 0.260 e. The highest BCUT2D eigenvalue weighted by Gasteiger charge is 2.29. The van der Waals surface area contributed by atoms with Crippen molar-refractivity contribution in [2.24, 2.45) is 5.92 Å². The molecule has 0 radical (unpaired) electrons. The summed E-state index contributed by atoms with van der Waals surface area (Å²) in [5.41, 5.74) is 1.09. The summed E-state index contributed by atoms with van der Waals surface area (Å²) in [5, 5.41) is 5.61. The van der Waals surface area contributed by atoms with Crippen LogP contribution in [0.2, 0.25) is 0 Å². The highest BCUT2D eigenvalue weighted by molar-refractivity contribution is 5.82. The molecule has 5 heteroatoms. The van der Waals surface area contributed by atoms with Crippen LogP contribution in [0.3, 0.4) is 0 Å². The molecular weight excluding hydrogens is 292 g/mol. The summed E-state index contributed by atoms with van der Waals surface area (Å²) in [6.45, 7) is 6.79. The van der Waals surface area contributed by atoms with E-state index in [0.717, 1.165) is 24.2 Å². The molecule has 5 nitrogen and oxygen atoms in total. The minimum Gasteiger partial charge on any atom is -0.481 e. The highest BCUT2D eigenvalue weighted by Crippen LogP contribution is 2.28. The number of ether oxygens (including phenoxy) is 1. The summed E-state index contributed by atoms with van der Waals surface area (Å²) in [7, 11) is 0. The second kappa shape index (κ2) is 7.99. The number of rotatable bonds is 8. The van der Waals surface area contributed by atoms with E-state index in [0.29, 0.717) is 19.0 Å². The van der Waals surface area contributed by atoms with E-state index >= 15 is 0 Å². The molecule has 1 aliphatic rings. The van der Waals surface area contributed by atoms with Crippen LogP contribution in [-0.2, 0) is 9.59 Å². The van der Waals surface area contributed by atoms with Gasteiger partial charge in [-0.1, -0.05) is 32.0 Å². The van der Waals surface area contributed by atoms with Gasteiger partial charge in [0, 0.05) is 19.0 Å². The van der Waals surface area contributed by atoms with Gasteiger partial charge in [0.25, 0.3) is 5.91 Å². The second-order valence-corrected chi connectivity index (χ2v) is 6.31. The standard InChI is InChI=1S/C18H26N2O3/c1-12(2)15-6-4-5-7-16(15)23-13(3)17(21)19-10-11-20-18(22)14-8-9-14/h4-7,12-14H,8-11H2,1-3H3,(H,19,21)(H,20,22). The van der Waals surface area contributed by atoms with Crippen LogP contribution in [0.25, 0.3) is 0 Å². The molecule has 0 spiro atoms. The van der Waals surface area contributed by atoms with Gasteiger partial charge in [-0.3, -0.25) is 9.59 Å². The lowest BCUT2D eigenvalue weighted by Gasteiger charge is -2.18. The van der Waals surface area contributed by atoms with E-state index in [-0.39, 0.29) is 17.7 Å². The van der Waals surface area contributed by atoms with Crippen molar-refractivity contribution in [1.82, 2.24) is 10.6 Å². The number of benzene rings is 1. The molecule has 0 aromatic heterocycles. The van der Waals surface area contributed by atoms with Gasteiger partial charge in [0.2, 0.25) is 5.91 Å². The van der Waals surface area contributed by atoms with E-state index < -0.39 is 6.10 Å². The molecule has 1 saturated carbocycles. The zero-order valence-corrected chi connectivity index (χ0v) is 14.1. The van der Waals surface area contributed by atoms with E-state index in [1.165, 1.54) is 0 Å². The Bertz CT molecular complexity index is 553. The lowest BCUT2D eigenvalue weighted by Crippen LogP contribution is -2.41. The third kappa shape index (κ3) is 5.27. The Kier molecular flexibility index (Phi) is 6.02. The Labute approximate surface area is 137 Å². The minimum absolute atomic E-state index is 0.0920. The van der Waals surface area contributed by atoms with Crippen molar-refractivity contribution >= 4 is 11.8 Å². The van der Waals surface area contributed by atoms with Crippen molar-refractivity contribution in [3.05, 3.63) is 29.8 Å². The van der Waals surface area contributed by atoms with E-state index in [1.807, 2.05) is 24.3 Å². The lowest BCUT2D eigenvalue weighted by molar-refractivity contribution is -0.127. The Morgan fingerprint density at radius 1 is 1.13 bits per heavy atom. The molecule has 1 aromatic rings. The predicted octanol–water partition coefficient (Wildman–Crippen LogP) is 2.22. The minimum atomic E-state index is -0.575. The molecule has 23 heavy (non-hydrogen) atoms. The number of nitrogens with one attached hydrogen (secondary N) is 2. The first kappa shape index (κ1) is 17.3. The normalized spacial score (nSPS) is 15.1. The van der Waals surface area contributed by atoms with E-state index in [1.54, 1.807) is 6.92 Å². The van der Waals surface area contributed by atoms with E-state index in [2.05, 4.69) is 24.5 Å². The average molecular weight is 318 g/mol. The molecule has 1 atom stereocenters. The summed E-state index contributed by atoms with van der Waals surface area (Å²) < 4.78 is 5.80. The first-order valence-electron chi connectivity index (χ1n) is 8.30. The number of carbonyl (C=O) groups is 2. The van der Waals surface area contributed by atoms with Gasteiger partial charge in [-0.15, -0.1) is 0 Å². The van der Waals surface area contributed by atoms with Gasteiger partial charge >= 0.3 is 0 Å². The molecule has 0 saturated heterocycles. The van der Waals surface area contributed by atoms with Crippen LogP contribution in [0.1, 0.15) is 45.1 Å². The lowest BCUT2D eigenvalue weighted by atomic mass is 10.0. The van der Waals surface area contributed by atoms with Crippen LogP contribution in [-0.4, -0.2) is 31.0 Å². The molecule has 1 aromatic carbocycles. The summed E-state index contributed by atoms with van der Waals surface area (Å²) in [5.74, 6) is 1.19. The fourth-order valence-electron chi connectivity index (χ4n) is 2.31. The van der Waals surface area contributed by atoms with Crippen LogP contribution in [0.15, 0.2) is 24.3 Å². The van der Waals surface area contributed by atoms with Gasteiger partial charge in [0.15, 0.2) is 6.10 Å². The van der Waals surface area contributed by atoms with Crippen molar-refractivity contribution in [2.75, 3.05) is 13.1 Å². The number of hydrogen-bond acceptors (Lipinski definition) is 3. The first-order valence-corrected chi connectivity index (χ1v) is 8.30. The Morgan fingerprint density at radius 2 is 1.78 bits per heavy atom. The number of hydrogen-bond donors (Lipinski definition) is 2. The van der Waals surface area contributed by atoms with E-state index in [9.17, 15) is 9.59 Å². The first-order chi connectivity index (χ1) is 11.0. The van der Waals surface area contributed by atoms with Gasteiger partial charge < -0.3 is 15.4 Å². The van der Waals surface area contributed by atoms with Crippen LogP contribution >= 0.6 is 0 Å². The quantitative estimate of drug-likeness (QED) is 0.722. The maximum Gasteiger partial charge on any atom is 0.260 e. The van der Waals surface area contributed by atoms with Crippen molar-refractivity contribution in [2.45, 2.75) is 45.6 Å². The number of amides is 2. The molecule has 0 bridgehead atoms. The zero-order valence-electron chi connectivity index (χ0n) is 14.1. The Morgan fingerprint density at radius 3 is 2.43 bits per heavy atom. The molecule has 1 aliphatic carbocycles. The topological polar surface area (TPSA) is 67.4 Å². The number of carbonyl (C=O) groups excluding carboxylic acids is 2. The van der Waals surface area contributed by atoms with Crippen LogP contribution in [0.4, 0.5) is 0 Å². The molecule has 0 heterocycles. The largest absolute Gasteiger partial charge is 0.481 e. The summed E-state index contributed by atoms with van der Waals surface area (Å²) >= 11 is 0. The molecule has 1 unspecified atom stereocenters. The SMILES string of the molecule is CC(Oc1ccccc1C(C)C)C(=O)NCCNC(=O)C1CC1. The van der Waals surface area contributed by atoms with Crippen LogP contribution < -0.4 is 15.4 Å². The van der Waals surface area contributed by atoms with Crippen LogP contribution in [0, 0.1) is 5.92 Å². The summed E-state index contributed by atoms with van der Waals surface area (Å²) in [4.78, 5) is 23.5. The van der Waals surface area contributed by atoms with Gasteiger partial charge in [0.1, 0.15) is 5.75 Å². The van der Waals surface area contributed by atoms with Crippen molar-refractivity contribution in [3.8, 4) is 5.75 Å². The molecule has 2 N–H and O–H groups in total. The molecule has 126 valence electrons. The second-order valence-electron chi connectivity index (χ2n) is 6.31. The predicted molar refractivity (Wildman–Crippen MR) is 89.4 cm³/mol. The number of para-hydroxylation sites is 1. The van der Waals surface area contributed by atoms with Gasteiger partial charge in [-0.25, -0.2) is 0 Å². The van der Waals surface area contributed by atoms with Crippen molar-refractivity contribution < 1.29 is 14.3 Å². The molecule has 2 rings (SSSR count). The summed E-state index contributed by atoms with van der Waals surface area (Å²) in [6.07, 6.45) is 1.39. The monoisotopic (exact) mass is 318 g/mol. The Balaban J connectivity index is 1.75. The molecular formula is C18H26N2O3. The maximum absolute atomic E-state index is 12.1. The average Bonchev–Trinajstić information content (AvgIpc) is 3.36. The van der Waals surface area contributed by atoms with E-state index in [4.69, 9.17) is 4.74 Å². The third-order valence-electron chi connectivity index (χ3n) is 3.89. The van der Waals surface area contributed by atoms with Crippen LogP contribution in [0.5, 0.6) is 5.75 Å². The fraction of sp³-hybridized carbons (Fsp3) is 0.556. The van der Waals surface area contributed by atoms with Crippen molar-refractivity contribution in [3.63, 3.8) is 0 Å². The zero-order chi connectivity index (χ0) is 16.8. The van der Waals surface area contributed by atoms with Crippen molar-refractivity contribution in [1.29, 1.82) is 0 Å².